The van der Waals surface area contributed by atoms with Crippen LogP contribution in [-0.4, -0.2) is 36.0 Å². The first-order chi connectivity index (χ1) is 11.7. The molecule has 1 saturated heterocycles. The summed E-state index contributed by atoms with van der Waals surface area (Å²) in [5.74, 6) is -1.50. The normalized spacial score (nSPS) is 28.6. The van der Waals surface area contributed by atoms with E-state index in [0.717, 1.165) is 6.07 Å². The van der Waals surface area contributed by atoms with E-state index in [0.29, 0.717) is 6.20 Å². The van der Waals surface area contributed by atoms with Crippen molar-refractivity contribution in [1.82, 2.24) is 4.98 Å². The number of fused-ring (bicyclic) bond motifs is 1. The molecule has 25 heavy (non-hydrogen) atoms. The summed E-state index contributed by atoms with van der Waals surface area (Å²) in [6.45, 7) is 3.17. The predicted octanol–water partition coefficient (Wildman–Crippen LogP) is 1.96. The van der Waals surface area contributed by atoms with Crippen molar-refractivity contribution in [2.75, 3.05) is 11.9 Å². The van der Waals surface area contributed by atoms with Crippen LogP contribution in [0, 0.1) is 0 Å². The highest BCUT2D eigenvalue weighted by atomic mass is 19.4. The molecule has 136 valence electrons. The van der Waals surface area contributed by atoms with Gasteiger partial charge in [0.1, 0.15) is 0 Å². The molecule has 7 nitrogen and oxygen atoms in total. The van der Waals surface area contributed by atoms with Crippen molar-refractivity contribution in [2.24, 2.45) is 0 Å². The number of aromatic nitrogens is 1. The number of hydrogen-bond donors (Lipinski definition) is 1. The van der Waals surface area contributed by atoms with E-state index in [-0.39, 0.29) is 18.0 Å². The smallest absolute Gasteiger partial charge is 0.417 e. The van der Waals surface area contributed by atoms with Gasteiger partial charge < -0.3 is 19.5 Å². The number of nitrogens with one attached hydrogen (secondary N) is 1. The molecule has 1 aromatic heterocycles. The Labute approximate surface area is 140 Å². The Morgan fingerprint density at radius 2 is 2.16 bits per heavy atom. The first-order valence-electron chi connectivity index (χ1n) is 7.54. The Hall–Kier alpha value is -2.20. The molecule has 1 fully saturated rings. The summed E-state index contributed by atoms with van der Waals surface area (Å²) in [6.07, 6.45) is -6.23. The van der Waals surface area contributed by atoms with Crippen molar-refractivity contribution in [1.29, 1.82) is 0 Å². The van der Waals surface area contributed by atoms with Crippen LogP contribution in [-0.2, 0) is 35.4 Å². The van der Waals surface area contributed by atoms with Crippen molar-refractivity contribution < 1.29 is 37.0 Å². The molecular formula is C15H15F3N2O5. The number of pyridine rings is 1. The van der Waals surface area contributed by atoms with Gasteiger partial charge >= 0.3 is 12.1 Å². The van der Waals surface area contributed by atoms with E-state index in [4.69, 9.17) is 14.2 Å². The monoisotopic (exact) mass is 360 g/mol. The first-order valence-corrected chi connectivity index (χ1v) is 7.54. The lowest BCUT2D eigenvalue weighted by Crippen LogP contribution is -2.61. The van der Waals surface area contributed by atoms with Gasteiger partial charge in [0.2, 0.25) is 5.91 Å². The van der Waals surface area contributed by atoms with Crippen molar-refractivity contribution in [2.45, 2.75) is 44.4 Å². The number of ether oxygens (including phenoxy) is 3. The number of halogens is 3. The molecule has 1 aromatic rings. The number of carbonyl (C=O) groups excluding carboxylic acids is 2. The van der Waals surface area contributed by atoms with Crippen molar-refractivity contribution in [3.05, 3.63) is 23.5 Å². The van der Waals surface area contributed by atoms with Crippen LogP contribution in [0.1, 0.15) is 31.5 Å². The molecule has 1 N–H and O–H groups in total. The minimum absolute atomic E-state index is 0.0143. The lowest BCUT2D eigenvalue weighted by Gasteiger charge is -2.46. The van der Waals surface area contributed by atoms with E-state index in [1.165, 1.54) is 0 Å². The molecule has 0 bridgehead atoms. The molecule has 0 saturated carbocycles. The van der Waals surface area contributed by atoms with Crippen LogP contribution in [0.3, 0.4) is 0 Å². The summed E-state index contributed by atoms with van der Waals surface area (Å²) in [5, 5.41) is 2.32. The third kappa shape index (κ3) is 2.85. The SMILES string of the molecule is CCOC(=O)C1(C2OC(C)O2)CC(=O)Nc2cc(C(F)(F)F)cnc21. The van der Waals surface area contributed by atoms with E-state index >= 15 is 0 Å². The molecule has 10 heteroatoms. The first kappa shape index (κ1) is 17.6. The van der Waals surface area contributed by atoms with Crippen LogP contribution >= 0.6 is 0 Å². The van der Waals surface area contributed by atoms with Crippen molar-refractivity contribution in [3.63, 3.8) is 0 Å². The third-order valence-electron chi connectivity index (χ3n) is 4.02. The molecule has 0 aromatic carbocycles. The number of hydrogen-bond acceptors (Lipinski definition) is 6. The molecule has 1 amide bonds. The number of carbonyl (C=O) groups is 2. The highest BCUT2D eigenvalue weighted by Crippen LogP contribution is 2.46. The van der Waals surface area contributed by atoms with Crippen LogP contribution < -0.4 is 5.32 Å². The number of rotatable bonds is 3. The van der Waals surface area contributed by atoms with Gasteiger partial charge in [-0.25, -0.2) is 0 Å². The van der Waals surface area contributed by atoms with Gasteiger partial charge in [-0.15, -0.1) is 0 Å². The Morgan fingerprint density at radius 3 is 2.72 bits per heavy atom. The number of nitrogens with zero attached hydrogens (tertiary/aromatic N) is 1. The standard InChI is InChI=1S/C15H15F3N2O5/c1-3-23-12(22)14(13-24-7(2)25-13)5-10(21)20-9-4-8(15(16,17)18)6-19-11(9)14/h4,6-7,13H,3,5H2,1-2H3,(H,20,21). The zero-order chi connectivity index (χ0) is 18.4. The van der Waals surface area contributed by atoms with Crippen LogP contribution in [0.5, 0.6) is 0 Å². The topological polar surface area (TPSA) is 86.8 Å². The second-order valence-electron chi connectivity index (χ2n) is 5.71. The lowest BCUT2D eigenvalue weighted by atomic mass is 9.75. The van der Waals surface area contributed by atoms with E-state index in [2.05, 4.69) is 10.3 Å². The maximum atomic E-state index is 12.9. The largest absolute Gasteiger partial charge is 0.465 e. The van der Waals surface area contributed by atoms with Gasteiger partial charge in [-0.1, -0.05) is 0 Å². The Balaban J connectivity index is 2.13. The fourth-order valence-corrected chi connectivity index (χ4v) is 2.91. The molecule has 3 heterocycles. The molecule has 1 atom stereocenters. The van der Waals surface area contributed by atoms with E-state index < -0.39 is 48.0 Å². The molecule has 2 aliphatic heterocycles. The lowest BCUT2D eigenvalue weighted by molar-refractivity contribution is -0.394. The van der Waals surface area contributed by atoms with Crippen molar-refractivity contribution in [3.8, 4) is 0 Å². The highest BCUT2D eigenvalue weighted by molar-refractivity contribution is 6.02. The van der Waals surface area contributed by atoms with Gasteiger partial charge in [0.15, 0.2) is 18.0 Å². The summed E-state index contributed by atoms with van der Waals surface area (Å²) in [4.78, 5) is 28.5. The zero-order valence-electron chi connectivity index (χ0n) is 13.3. The minimum atomic E-state index is -4.64. The molecular weight excluding hydrogens is 345 g/mol. The highest BCUT2D eigenvalue weighted by Gasteiger charge is 2.60. The zero-order valence-corrected chi connectivity index (χ0v) is 13.3. The molecule has 1 unspecified atom stereocenters. The maximum Gasteiger partial charge on any atom is 0.417 e. The quantitative estimate of drug-likeness (QED) is 0.830. The predicted molar refractivity (Wildman–Crippen MR) is 76.2 cm³/mol. The summed E-state index contributed by atoms with van der Waals surface area (Å²) >= 11 is 0. The van der Waals surface area contributed by atoms with Gasteiger partial charge in [0, 0.05) is 6.20 Å². The Morgan fingerprint density at radius 1 is 1.48 bits per heavy atom. The Kier molecular flexibility index (Phi) is 4.20. The van der Waals surface area contributed by atoms with Crippen LogP contribution in [0.25, 0.3) is 0 Å². The molecule has 2 aliphatic rings. The Bertz CT molecular complexity index is 718. The van der Waals surface area contributed by atoms with E-state index in [9.17, 15) is 22.8 Å². The average Bonchev–Trinajstić information content (AvgIpc) is 2.49. The number of anilines is 1. The minimum Gasteiger partial charge on any atom is -0.465 e. The van der Waals surface area contributed by atoms with Crippen molar-refractivity contribution >= 4 is 17.6 Å². The van der Waals surface area contributed by atoms with Gasteiger partial charge in [-0.05, 0) is 19.9 Å². The van der Waals surface area contributed by atoms with Gasteiger partial charge in [-0.3, -0.25) is 14.6 Å². The van der Waals surface area contributed by atoms with Crippen LogP contribution in [0.4, 0.5) is 18.9 Å². The maximum absolute atomic E-state index is 12.9. The van der Waals surface area contributed by atoms with E-state index in [1.807, 2.05) is 0 Å². The summed E-state index contributed by atoms with van der Waals surface area (Å²) in [5.41, 5.74) is -3.10. The number of amides is 1. The molecule has 0 radical (unpaired) electrons. The van der Waals surface area contributed by atoms with Crippen LogP contribution in [0.15, 0.2) is 12.3 Å². The average molecular weight is 360 g/mol. The molecule has 0 spiro atoms. The van der Waals surface area contributed by atoms with Gasteiger partial charge in [0.05, 0.1) is 30.0 Å². The number of alkyl halides is 3. The third-order valence-corrected chi connectivity index (χ3v) is 4.02. The molecule has 0 aliphatic carbocycles. The summed E-state index contributed by atoms with van der Waals surface area (Å²) in [6, 6.07) is 0.732. The number of esters is 1. The second-order valence-corrected chi connectivity index (χ2v) is 5.71. The van der Waals surface area contributed by atoms with Gasteiger partial charge in [0.25, 0.3) is 0 Å². The fraction of sp³-hybridized carbons (Fsp3) is 0.533. The van der Waals surface area contributed by atoms with E-state index in [1.54, 1.807) is 13.8 Å². The second kappa shape index (κ2) is 5.95. The fourth-order valence-electron chi connectivity index (χ4n) is 2.91. The molecule has 3 rings (SSSR count). The van der Waals surface area contributed by atoms with Crippen LogP contribution in [0.2, 0.25) is 0 Å². The summed E-state index contributed by atoms with van der Waals surface area (Å²) < 4.78 is 54.6. The summed E-state index contributed by atoms with van der Waals surface area (Å²) in [7, 11) is 0. The van der Waals surface area contributed by atoms with Gasteiger partial charge in [-0.2, -0.15) is 13.2 Å².